The van der Waals surface area contributed by atoms with Gasteiger partial charge in [-0.05, 0) is 24.6 Å². The van der Waals surface area contributed by atoms with Crippen molar-refractivity contribution in [1.29, 1.82) is 0 Å². The van der Waals surface area contributed by atoms with Crippen molar-refractivity contribution < 1.29 is 4.79 Å². The molecular weight excluding hydrogens is 216 g/mol. The number of carbonyl (C=O) groups excluding carboxylic acids is 1. The fraction of sp³-hybridized carbons (Fsp3) is 0.0833. The van der Waals surface area contributed by atoms with Gasteiger partial charge >= 0.3 is 0 Å². The molecule has 2 rings (SSSR count). The molecule has 1 aromatic carbocycles. The van der Waals surface area contributed by atoms with E-state index in [1.807, 2.05) is 31.2 Å². The molecule has 1 amide bonds. The van der Waals surface area contributed by atoms with E-state index >= 15 is 0 Å². The third-order valence-electron chi connectivity index (χ3n) is 2.16. The summed E-state index contributed by atoms with van der Waals surface area (Å²) in [6.45, 7) is 1.98. The smallest absolute Gasteiger partial charge is 0.272 e. The number of aromatic nitrogens is 2. The first-order valence-corrected chi connectivity index (χ1v) is 5.14. The van der Waals surface area contributed by atoms with Crippen molar-refractivity contribution in [3.05, 3.63) is 54.1 Å². The van der Waals surface area contributed by atoms with Crippen LogP contribution in [0.15, 0.2) is 43.0 Å². The summed E-state index contributed by atoms with van der Waals surface area (Å²) in [7, 11) is 0. The highest BCUT2D eigenvalue weighted by Gasteiger charge is 2.04. The van der Waals surface area contributed by atoms with E-state index in [0.29, 0.717) is 5.56 Å². The number of rotatable bonds is 3. The lowest BCUT2D eigenvalue weighted by molar-refractivity contribution is 0.0962. The molecule has 0 aliphatic carbocycles. The van der Waals surface area contributed by atoms with Crippen LogP contribution < -0.4 is 10.9 Å². The van der Waals surface area contributed by atoms with Crippen molar-refractivity contribution in [2.45, 2.75) is 6.92 Å². The molecule has 17 heavy (non-hydrogen) atoms. The number of carbonyl (C=O) groups is 1. The Morgan fingerprint density at radius 1 is 1.24 bits per heavy atom. The number of hydrogen-bond donors (Lipinski definition) is 2. The summed E-state index contributed by atoms with van der Waals surface area (Å²) in [5.41, 5.74) is 7.76. The lowest BCUT2D eigenvalue weighted by atomic mass is 10.2. The molecule has 0 saturated carbocycles. The Kier molecular flexibility index (Phi) is 3.30. The topological polar surface area (TPSA) is 66.9 Å². The maximum Gasteiger partial charge on any atom is 0.272 e. The molecule has 0 unspecified atom stereocenters. The minimum atomic E-state index is -0.271. The first-order chi connectivity index (χ1) is 8.25. The lowest BCUT2D eigenvalue weighted by Crippen LogP contribution is -2.29. The summed E-state index contributed by atoms with van der Waals surface area (Å²) in [5.74, 6) is -0.271. The number of hydrogen-bond acceptors (Lipinski definition) is 4. The Labute approximate surface area is 98.9 Å². The summed E-state index contributed by atoms with van der Waals surface area (Å²) in [5, 5.41) is 0. The molecule has 5 heteroatoms. The Morgan fingerprint density at radius 2 is 2.00 bits per heavy atom. The first-order valence-electron chi connectivity index (χ1n) is 5.14. The maximum atomic E-state index is 11.6. The summed E-state index contributed by atoms with van der Waals surface area (Å²) >= 11 is 0. The standard InChI is InChI=1S/C12H12N4O/c1-9-3-2-4-11(5-9)15-16-12(17)10-6-13-8-14-7-10/h2-8,15H,1H3,(H,16,17). The van der Waals surface area contributed by atoms with Crippen molar-refractivity contribution in [1.82, 2.24) is 15.4 Å². The van der Waals surface area contributed by atoms with Gasteiger partial charge in [0, 0.05) is 12.4 Å². The third kappa shape index (κ3) is 3.01. The summed E-state index contributed by atoms with van der Waals surface area (Å²) in [4.78, 5) is 19.2. The number of nitrogens with one attached hydrogen (secondary N) is 2. The van der Waals surface area contributed by atoms with Crippen LogP contribution in [-0.4, -0.2) is 15.9 Å². The molecule has 0 radical (unpaired) electrons. The number of hydrazine groups is 1. The highest BCUT2D eigenvalue weighted by molar-refractivity contribution is 5.94. The summed E-state index contributed by atoms with van der Waals surface area (Å²) < 4.78 is 0. The molecule has 0 aliphatic heterocycles. The van der Waals surface area contributed by atoms with Gasteiger partial charge in [-0.2, -0.15) is 0 Å². The zero-order valence-electron chi connectivity index (χ0n) is 9.34. The van der Waals surface area contributed by atoms with Gasteiger partial charge in [0.05, 0.1) is 11.3 Å². The van der Waals surface area contributed by atoms with Gasteiger partial charge in [-0.25, -0.2) is 9.97 Å². The molecule has 86 valence electrons. The predicted octanol–water partition coefficient (Wildman–Crippen LogP) is 1.54. The van der Waals surface area contributed by atoms with Gasteiger partial charge in [-0.15, -0.1) is 0 Å². The number of amides is 1. The Morgan fingerprint density at radius 3 is 2.71 bits per heavy atom. The molecule has 0 aliphatic rings. The zero-order valence-corrected chi connectivity index (χ0v) is 9.34. The average Bonchev–Trinajstić information content (AvgIpc) is 2.37. The number of benzene rings is 1. The zero-order chi connectivity index (χ0) is 12.1. The SMILES string of the molecule is Cc1cccc(NNC(=O)c2cncnc2)c1. The molecule has 1 heterocycles. The predicted molar refractivity (Wildman–Crippen MR) is 64.3 cm³/mol. The van der Waals surface area contributed by atoms with Crippen molar-refractivity contribution in [2.75, 3.05) is 5.43 Å². The molecule has 0 saturated heterocycles. The number of aryl methyl sites for hydroxylation is 1. The third-order valence-corrected chi connectivity index (χ3v) is 2.16. The van der Waals surface area contributed by atoms with Gasteiger partial charge in [0.1, 0.15) is 6.33 Å². The summed E-state index contributed by atoms with van der Waals surface area (Å²) in [6, 6.07) is 7.70. The van der Waals surface area contributed by atoms with Gasteiger partial charge in [-0.3, -0.25) is 15.6 Å². The van der Waals surface area contributed by atoms with Crippen LogP contribution >= 0.6 is 0 Å². The molecule has 5 nitrogen and oxygen atoms in total. The maximum absolute atomic E-state index is 11.6. The Hall–Kier alpha value is -2.43. The molecule has 0 spiro atoms. The van der Waals surface area contributed by atoms with Crippen LogP contribution in [0.25, 0.3) is 0 Å². The van der Waals surface area contributed by atoms with Gasteiger partial charge < -0.3 is 0 Å². The molecular formula is C12H12N4O. The first kappa shape index (κ1) is 11.1. The Bertz CT molecular complexity index is 513. The fourth-order valence-corrected chi connectivity index (χ4v) is 1.34. The van der Waals surface area contributed by atoms with Gasteiger partial charge in [0.15, 0.2) is 0 Å². The van der Waals surface area contributed by atoms with E-state index in [0.717, 1.165) is 11.3 Å². The largest absolute Gasteiger partial charge is 0.298 e. The summed E-state index contributed by atoms with van der Waals surface area (Å²) in [6.07, 6.45) is 4.30. The molecule has 2 N–H and O–H groups in total. The minimum absolute atomic E-state index is 0.271. The normalized spacial score (nSPS) is 9.71. The van der Waals surface area contributed by atoms with E-state index < -0.39 is 0 Å². The highest BCUT2D eigenvalue weighted by Crippen LogP contribution is 2.08. The number of nitrogens with zero attached hydrogens (tertiary/aromatic N) is 2. The Balaban J connectivity index is 1.97. The van der Waals surface area contributed by atoms with Crippen molar-refractivity contribution >= 4 is 11.6 Å². The molecule has 0 fully saturated rings. The highest BCUT2D eigenvalue weighted by atomic mass is 16.2. The van der Waals surface area contributed by atoms with Crippen LogP contribution in [-0.2, 0) is 0 Å². The minimum Gasteiger partial charge on any atom is -0.298 e. The van der Waals surface area contributed by atoms with Crippen LogP contribution in [0, 0.1) is 6.92 Å². The number of anilines is 1. The molecule has 2 aromatic rings. The van der Waals surface area contributed by atoms with Crippen LogP contribution in [0.2, 0.25) is 0 Å². The van der Waals surface area contributed by atoms with Gasteiger partial charge in [-0.1, -0.05) is 12.1 Å². The average molecular weight is 228 g/mol. The van der Waals surface area contributed by atoms with Gasteiger partial charge in [0.2, 0.25) is 0 Å². The van der Waals surface area contributed by atoms with Crippen LogP contribution in [0.3, 0.4) is 0 Å². The lowest BCUT2D eigenvalue weighted by Gasteiger charge is -2.08. The van der Waals surface area contributed by atoms with Crippen molar-refractivity contribution in [2.24, 2.45) is 0 Å². The quantitative estimate of drug-likeness (QED) is 0.782. The molecule has 0 bridgehead atoms. The fourth-order valence-electron chi connectivity index (χ4n) is 1.34. The van der Waals surface area contributed by atoms with E-state index in [9.17, 15) is 4.79 Å². The monoisotopic (exact) mass is 228 g/mol. The molecule has 0 atom stereocenters. The van der Waals surface area contributed by atoms with Crippen LogP contribution in [0.5, 0.6) is 0 Å². The van der Waals surface area contributed by atoms with E-state index in [4.69, 9.17) is 0 Å². The second-order valence-corrected chi connectivity index (χ2v) is 3.58. The van der Waals surface area contributed by atoms with Gasteiger partial charge in [0.25, 0.3) is 5.91 Å². The van der Waals surface area contributed by atoms with E-state index in [1.165, 1.54) is 18.7 Å². The van der Waals surface area contributed by atoms with Crippen molar-refractivity contribution in [3.8, 4) is 0 Å². The second-order valence-electron chi connectivity index (χ2n) is 3.58. The van der Waals surface area contributed by atoms with E-state index in [-0.39, 0.29) is 5.91 Å². The van der Waals surface area contributed by atoms with Crippen LogP contribution in [0.4, 0.5) is 5.69 Å². The van der Waals surface area contributed by atoms with Crippen molar-refractivity contribution in [3.63, 3.8) is 0 Å². The van der Waals surface area contributed by atoms with E-state index in [1.54, 1.807) is 0 Å². The second kappa shape index (κ2) is 5.07. The van der Waals surface area contributed by atoms with E-state index in [2.05, 4.69) is 20.8 Å². The molecule has 1 aromatic heterocycles. The van der Waals surface area contributed by atoms with Crippen LogP contribution in [0.1, 0.15) is 15.9 Å².